The first kappa shape index (κ1) is 14.0. The van der Waals surface area contributed by atoms with Gasteiger partial charge in [-0.15, -0.1) is 0 Å². The molecule has 1 aromatic carbocycles. The minimum atomic E-state index is -0.663. The lowest BCUT2D eigenvalue weighted by Crippen LogP contribution is -2.10. The van der Waals surface area contributed by atoms with Crippen molar-refractivity contribution in [2.75, 3.05) is 12.3 Å². The molecule has 0 radical (unpaired) electrons. The molecule has 1 aromatic heterocycles. The zero-order valence-corrected chi connectivity index (χ0v) is 11.5. The number of nitrogens with two attached hydrogens (primary N) is 1. The third kappa shape index (κ3) is 3.12. The number of anilines is 1. The Labute approximate surface area is 119 Å². The highest BCUT2D eigenvalue weighted by Gasteiger charge is 2.22. The van der Waals surface area contributed by atoms with Crippen LogP contribution in [0.5, 0.6) is 5.75 Å². The average Bonchev–Trinajstić information content (AvgIpc) is 2.82. The van der Waals surface area contributed by atoms with Crippen LogP contribution in [0.4, 0.5) is 5.00 Å². The molecule has 0 aliphatic heterocycles. The lowest BCUT2D eigenvalue weighted by molar-refractivity contribution is 0.0521. The van der Waals surface area contributed by atoms with Crippen molar-refractivity contribution in [3.05, 3.63) is 41.0 Å². The molecule has 0 atom stereocenters. The molecule has 0 unspecified atom stereocenters. The Morgan fingerprint density at radius 1 is 1.25 bits per heavy atom. The van der Waals surface area contributed by atoms with Gasteiger partial charge in [-0.2, -0.15) is 0 Å². The number of carbonyl (C=O) groups excluding carboxylic acids is 2. The van der Waals surface area contributed by atoms with Gasteiger partial charge in [-0.25, -0.2) is 14.6 Å². The number of para-hydroxylation sites is 1. The maximum absolute atomic E-state index is 11.9. The molecule has 6 nitrogen and oxygen atoms in total. The lowest BCUT2D eigenvalue weighted by atomic mass is 10.3. The van der Waals surface area contributed by atoms with Crippen LogP contribution in [0.2, 0.25) is 0 Å². The van der Waals surface area contributed by atoms with E-state index in [1.165, 1.54) is 0 Å². The molecule has 2 aromatic rings. The van der Waals surface area contributed by atoms with E-state index >= 15 is 0 Å². The van der Waals surface area contributed by atoms with Crippen LogP contribution >= 0.6 is 11.3 Å². The number of benzene rings is 1. The van der Waals surface area contributed by atoms with Crippen LogP contribution in [-0.4, -0.2) is 23.5 Å². The molecule has 0 spiro atoms. The quantitative estimate of drug-likeness (QED) is 0.685. The molecule has 0 saturated carbocycles. The van der Waals surface area contributed by atoms with E-state index in [9.17, 15) is 9.59 Å². The molecule has 2 N–H and O–H groups in total. The zero-order valence-electron chi connectivity index (χ0n) is 10.7. The largest absolute Gasteiger partial charge is 0.461 e. The first-order valence-electron chi connectivity index (χ1n) is 5.82. The predicted molar refractivity (Wildman–Crippen MR) is 73.9 cm³/mol. The number of aromatic nitrogens is 1. The van der Waals surface area contributed by atoms with Crippen molar-refractivity contribution in [1.29, 1.82) is 0 Å². The van der Waals surface area contributed by atoms with E-state index in [2.05, 4.69) is 4.98 Å². The summed E-state index contributed by atoms with van der Waals surface area (Å²) in [6, 6.07) is 8.56. The monoisotopic (exact) mass is 292 g/mol. The molecule has 0 saturated heterocycles. The second-order valence-corrected chi connectivity index (χ2v) is 4.69. The predicted octanol–water partition coefficient (Wildman–Crippen LogP) is 2.12. The van der Waals surface area contributed by atoms with Crippen LogP contribution in [0.25, 0.3) is 0 Å². The molecule has 0 aliphatic rings. The fourth-order valence-electron chi connectivity index (χ4n) is 1.40. The van der Waals surface area contributed by atoms with Crippen LogP contribution in [0, 0.1) is 0 Å². The lowest BCUT2D eigenvalue weighted by Gasteiger charge is -2.00. The smallest absolute Gasteiger partial charge is 0.372 e. The van der Waals surface area contributed by atoms with Gasteiger partial charge in [0.1, 0.15) is 10.8 Å². The fourth-order valence-corrected chi connectivity index (χ4v) is 2.10. The van der Waals surface area contributed by atoms with Gasteiger partial charge in [0.25, 0.3) is 0 Å². The Morgan fingerprint density at radius 2 is 1.95 bits per heavy atom. The first-order valence-corrected chi connectivity index (χ1v) is 6.64. The molecular formula is C13H12N2O4S. The topological polar surface area (TPSA) is 91.5 Å². The minimum Gasteiger partial charge on any atom is -0.461 e. The van der Waals surface area contributed by atoms with Crippen molar-refractivity contribution in [1.82, 2.24) is 4.98 Å². The van der Waals surface area contributed by atoms with Crippen LogP contribution in [-0.2, 0) is 4.74 Å². The van der Waals surface area contributed by atoms with Crippen molar-refractivity contribution in [3.63, 3.8) is 0 Å². The van der Waals surface area contributed by atoms with E-state index in [1.807, 2.05) is 0 Å². The van der Waals surface area contributed by atoms with Crippen molar-refractivity contribution in [2.45, 2.75) is 6.92 Å². The number of carbonyl (C=O) groups is 2. The van der Waals surface area contributed by atoms with E-state index in [1.54, 1.807) is 37.3 Å². The molecular weight excluding hydrogens is 280 g/mol. The van der Waals surface area contributed by atoms with Crippen molar-refractivity contribution >= 4 is 28.3 Å². The summed E-state index contributed by atoms with van der Waals surface area (Å²) >= 11 is 0.887. The summed E-state index contributed by atoms with van der Waals surface area (Å²) in [5.74, 6) is -0.924. The Morgan fingerprint density at radius 3 is 2.60 bits per heavy atom. The third-order valence-electron chi connectivity index (χ3n) is 2.25. The normalized spacial score (nSPS) is 10.1. The number of rotatable bonds is 4. The summed E-state index contributed by atoms with van der Waals surface area (Å²) in [4.78, 5) is 27.3. The van der Waals surface area contributed by atoms with Gasteiger partial charge in [-0.3, -0.25) is 0 Å². The number of nitrogens with zero attached hydrogens (tertiary/aromatic N) is 1. The fraction of sp³-hybridized carbons (Fsp3) is 0.154. The number of hydrogen-bond acceptors (Lipinski definition) is 7. The summed E-state index contributed by atoms with van der Waals surface area (Å²) < 4.78 is 9.90. The van der Waals surface area contributed by atoms with Crippen LogP contribution in [0.3, 0.4) is 0 Å². The Bertz CT molecular complexity index is 625. The summed E-state index contributed by atoms with van der Waals surface area (Å²) in [5, 5.41) is 0.137. The van der Waals surface area contributed by atoms with Gasteiger partial charge in [0.15, 0.2) is 5.69 Å². The van der Waals surface area contributed by atoms with Crippen molar-refractivity contribution in [2.24, 2.45) is 0 Å². The van der Waals surface area contributed by atoms with E-state index in [-0.39, 0.29) is 22.3 Å². The maximum atomic E-state index is 11.9. The number of ether oxygens (including phenoxy) is 2. The van der Waals surface area contributed by atoms with Gasteiger partial charge in [-0.1, -0.05) is 29.5 Å². The average molecular weight is 292 g/mol. The third-order valence-corrected chi connectivity index (χ3v) is 3.12. The molecule has 0 fully saturated rings. The number of esters is 2. The molecule has 7 heteroatoms. The molecule has 20 heavy (non-hydrogen) atoms. The molecule has 1 heterocycles. The number of thiazole rings is 1. The van der Waals surface area contributed by atoms with Crippen LogP contribution in [0.1, 0.15) is 27.2 Å². The summed E-state index contributed by atoms with van der Waals surface area (Å²) in [7, 11) is 0. The highest BCUT2D eigenvalue weighted by atomic mass is 32.1. The number of nitrogen functional groups attached to an aromatic ring is 1. The summed E-state index contributed by atoms with van der Waals surface area (Å²) in [5.41, 5.74) is 5.59. The second kappa shape index (κ2) is 6.16. The Balaban J connectivity index is 2.15. The SMILES string of the molecule is CCOC(=O)c1nc(C(=O)Oc2ccccc2)sc1N. The second-order valence-electron chi connectivity index (χ2n) is 3.65. The summed E-state index contributed by atoms with van der Waals surface area (Å²) in [6.07, 6.45) is 0. The Kier molecular flexibility index (Phi) is 4.31. The molecule has 0 aliphatic carbocycles. The van der Waals surface area contributed by atoms with Gasteiger partial charge in [-0.05, 0) is 19.1 Å². The Hall–Kier alpha value is -2.41. The minimum absolute atomic E-state index is 0.00871. The summed E-state index contributed by atoms with van der Waals surface area (Å²) in [6.45, 7) is 1.88. The van der Waals surface area contributed by atoms with Gasteiger partial charge >= 0.3 is 11.9 Å². The molecule has 2 rings (SSSR count). The maximum Gasteiger partial charge on any atom is 0.372 e. The van der Waals surface area contributed by atoms with Crippen molar-refractivity contribution < 1.29 is 19.1 Å². The zero-order chi connectivity index (χ0) is 14.5. The first-order chi connectivity index (χ1) is 9.61. The molecule has 0 amide bonds. The van der Waals surface area contributed by atoms with Gasteiger partial charge < -0.3 is 15.2 Å². The highest BCUT2D eigenvalue weighted by molar-refractivity contribution is 7.17. The van der Waals surface area contributed by atoms with Crippen LogP contribution < -0.4 is 10.5 Å². The van der Waals surface area contributed by atoms with Gasteiger partial charge in [0.2, 0.25) is 5.01 Å². The van der Waals surface area contributed by atoms with E-state index in [0.29, 0.717) is 5.75 Å². The van der Waals surface area contributed by atoms with Crippen LogP contribution in [0.15, 0.2) is 30.3 Å². The number of hydrogen-bond donors (Lipinski definition) is 1. The van der Waals surface area contributed by atoms with E-state index < -0.39 is 11.9 Å². The van der Waals surface area contributed by atoms with Gasteiger partial charge in [0.05, 0.1) is 6.61 Å². The van der Waals surface area contributed by atoms with E-state index in [4.69, 9.17) is 15.2 Å². The molecule has 0 bridgehead atoms. The van der Waals surface area contributed by atoms with E-state index in [0.717, 1.165) is 11.3 Å². The van der Waals surface area contributed by atoms with Gasteiger partial charge in [0, 0.05) is 0 Å². The van der Waals surface area contributed by atoms with Crippen molar-refractivity contribution in [3.8, 4) is 5.75 Å². The molecule has 104 valence electrons. The standard InChI is InChI=1S/C13H12N2O4S/c1-2-18-12(16)9-10(14)20-11(15-9)13(17)19-8-6-4-3-5-7-8/h3-7H,2,14H2,1H3. The highest BCUT2D eigenvalue weighted by Crippen LogP contribution is 2.23.